The fourth-order valence-electron chi connectivity index (χ4n) is 1.69. The molecule has 0 aromatic rings. The highest BCUT2D eigenvalue weighted by molar-refractivity contribution is 14.1. The molecule has 1 fully saturated rings. The number of rotatable bonds is 0. The zero-order chi connectivity index (χ0) is 8.17. The summed E-state index contributed by atoms with van der Waals surface area (Å²) in [6, 6.07) is 0. The van der Waals surface area contributed by atoms with Gasteiger partial charge in [0.25, 0.3) is 0 Å². The number of halogens is 4. The number of hydrogen-bond acceptors (Lipinski definition) is 0. The molecule has 4 heteroatoms. The van der Waals surface area contributed by atoms with Crippen molar-refractivity contribution in [2.75, 3.05) is 0 Å². The minimum Gasteiger partial charge on any atom is -0.0829 e. The molecule has 0 aromatic carbocycles. The van der Waals surface area contributed by atoms with Gasteiger partial charge in [0.2, 0.25) is 0 Å². The van der Waals surface area contributed by atoms with E-state index in [-0.39, 0.29) is 0 Å². The van der Waals surface area contributed by atoms with Gasteiger partial charge in [-0.3, -0.25) is 0 Å². The lowest BCUT2D eigenvalue weighted by molar-refractivity contribution is 0.289. The highest BCUT2D eigenvalue weighted by atomic mass is 127. The Morgan fingerprint density at radius 1 is 1.27 bits per heavy atom. The van der Waals surface area contributed by atoms with Crippen molar-refractivity contribution in [1.29, 1.82) is 0 Å². The minimum atomic E-state index is 0.566. The van der Waals surface area contributed by atoms with Gasteiger partial charge in [0, 0.05) is 24.2 Å². The molecule has 0 spiro atoms. The normalized spacial score (nSPS) is 54.9. The van der Waals surface area contributed by atoms with E-state index in [2.05, 4.69) is 83.1 Å². The molecular weight excluding hydrogens is 498 g/mol. The van der Waals surface area contributed by atoms with Crippen molar-refractivity contribution in [1.82, 2.24) is 0 Å². The van der Waals surface area contributed by atoms with Crippen LogP contribution in [0, 0.1) is 11.8 Å². The van der Waals surface area contributed by atoms with E-state index in [9.17, 15) is 0 Å². The first kappa shape index (κ1) is 9.71. The van der Waals surface area contributed by atoms with Gasteiger partial charge in [-0.2, -0.15) is 0 Å². The van der Waals surface area contributed by atoms with E-state index in [0.29, 0.717) is 4.83 Å². The van der Waals surface area contributed by atoms with Crippen LogP contribution in [0.1, 0.15) is 0 Å². The maximum Gasteiger partial charge on any atom is 0.0506 e. The first-order valence-corrected chi connectivity index (χ1v) is 7.62. The van der Waals surface area contributed by atoms with Crippen molar-refractivity contribution in [3.8, 4) is 0 Å². The van der Waals surface area contributed by atoms with Crippen LogP contribution in [0.4, 0.5) is 0 Å². The zero-order valence-electron chi connectivity index (χ0n) is 5.48. The highest BCUT2D eigenvalue weighted by Gasteiger charge is 2.53. The Labute approximate surface area is 110 Å². The highest BCUT2D eigenvalue weighted by Crippen LogP contribution is 2.56. The maximum atomic E-state index is 3.71. The maximum absolute atomic E-state index is 3.71. The van der Waals surface area contributed by atoms with Gasteiger partial charge in [0.15, 0.2) is 0 Å². The van der Waals surface area contributed by atoms with Gasteiger partial charge in [-0.25, -0.2) is 0 Å². The van der Waals surface area contributed by atoms with Gasteiger partial charge in [-0.15, -0.1) is 0 Å². The first-order valence-electron chi connectivity index (χ1n) is 3.42. The van der Waals surface area contributed by atoms with Gasteiger partial charge in [0.05, 0.1) is 4.83 Å². The molecule has 62 valence electrons. The Morgan fingerprint density at radius 2 is 1.82 bits per heavy atom. The van der Waals surface area contributed by atoms with Crippen LogP contribution in [-0.4, -0.2) is 12.7 Å². The molecule has 0 nitrogen and oxygen atoms in total. The summed E-state index contributed by atoms with van der Waals surface area (Å²) in [5.41, 5.74) is 0. The molecule has 11 heavy (non-hydrogen) atoms. The lowest BCUT2D eigenvalue weighted by Gasteiger charge is -2.51. The topological polar surface area (TPSA) is 0 Å². The van der Waals surface area contributed by atoms with Crippen LogP contribution < -0.4 is 0 Å². The standard InChI is InChI=1S/C7H6Br2I2/c8-3-1-2-6(10)4(5(3)9)7(2)11/h1-2,4-7H/t2?,4?,5-,6+,7+/m0/s1. The van der Waals surface area contributed by atoms with E-state index < -0.39 is 0 Å². The molecule has 0 saturated heterocycles. The number of fused-ring (bicyclic) bond motifs is 1. The van der Waals surface area contributed by atoms with Gasteiger partial charge in [-0.1, -0.05) is 83.1 Å². The molecular formula is C7H6Br2I2. The fourth-order valence-corrected chi connectivity index (χ4v) is 8.87. The summed E-state index contributed by atoms with van der Waals surface area (Å²) in [5.74, 6) is 1.64. The molecule has 1 saturated carbocycles. The molecule has 0 amide bonds. The van der Waals surface area contributed by atoms with Crippen molar-refractivity contribution >= 4 is 77.0 Å². The summed E-state index contributed by atoms with van der Waals surface area (Å²) in [7, 11) is 0. The molecule has 2 bridgehead atoms. The molecule has 3 rings (SSSR count). The monoisotopic (exact) mass is 502 g/mol. The second kappa shape index (κ2) is 3.38. The zero-order valence-corrected chi connectivity index (χ0v) is 13.0. The van der Waals surface area contributed by atoms with E-state index in [0.717, 1.165) is 19.7 Å². The Hall–Kier alpha value is 2.16. The van der Waals surface area contributed by atoms with Crippen molar-refractivity contribution < 1.29 is 0 Å². The van der Waals surface area contributed by atoms with Crippen molar-refractivity contribution in [2.24, 2.45) is 11.8 Å². The van der Waals surface area contributed by atoms with E-state index in [1.54, 1.807) is 0 Å². The largest absolute Gasteiger partial charge is 0.0829 e. The van der Waals surface area contributed by atoms with Crippen molar-refractivity contribution in [3.05, 3.63) is 10.6 Å². The second-order valence-electron chi connectivity index (χ2n) is 3.00. The molecule has 0 unspecified atom stereocenters. The Morgan fingerprint density at radius 3 is 2.18 bits per heavy atom. The minimum absolute atomic E-state index is 0.566. The van der Waals surface area contributed by atoms with Crippen LogP contribution in [-0.2, 0) is 0 Å². The quantitative estimate of drug-likeness (QED) is 0.348. The second-order valence-corrected chi connectivity index (χ2v) is 7.78. The Bertz CT molecular complexity index is 206. The summed E-state index contributed by atoms with van der Waals surface area (Å²) in [5, 5.41) is 0. The fraction of sp³-hybridized carbons (Fsp3) is 0.714. The van der Waals surface area contributed by atoms with Crippen LogP contribution >= 0.6 is 77.0 Å². The number of alkyl halides is 3. The van der Waals surface area contributed by atoms with Gasteiger partial charge in [-0.05, 0) is 0 Å². The van der Waals surface area contributed by atoms with E-state index >= 15 is 0 Å². The molecule has 0 aromatic heterocycles. The molecule has 3 atom stereocenters. The summed E-state index contributed by atoms with van der Waals surface area (Å²) < 4.78 is 3.05. The summed E-state index contributed by atoms with van der Waals surface area (Å²) in [4.78, 5) is 0.566. The molecule has 3 aliphatic carbocycles. The predicted molar refractivity (Wildman–Crippen MR) is 72.3 cm³/mol. The lowest BCUT2D eigenvalue weighted by atomic mass is 9.69. The van der Waals surface area contributed by atoms with Gasteiger partial charge < -0.3 is 0 Å². The van der Waals surface area contributed by atoms with E-state index in [4.69, 9.17) is 0 Å². The van der Waals surface area contributed by atoms with Crippen molar-refractivity contribution in [3.63, 3.8) is 0 Å². The third kappa shape index (κ3) is 1.38. The van der Waals surface area contributed by atoms with E-state index in [1.165, 1.54) is 4.48 Å². The van der Waals surface area contributed by atoms with Crippen LogP contribution in [0.25, 0.3) is 0 Å². The smallest absolute Gasteiger partial charge is 0.0506 e. The van der Waals surface area contributed by atoms with Crippen molar-refractivity contribution in [2.45, 2.75) is 12.7 Å². The SMILES string of the molecule is BrC1=CC2[C@@H](I)C([C@@H]2I)[C@H]1Br. The molecule has 3 aliphatic rings. The summed E-state index contributed by atoms with van der Waals surface area (Å²) >= 11 is 12.4. The predicted octanol–water partition coefficient (Wildman–Crippen LogP) is 3.90. The van der Waals surface area contributed by atoms with Crippen LogP contribution in [0.3, 0.4) is 0 Å². The van der Waals surface area contributed by atoms with E-state index in [1.807, 2.05) is 0 Å². The Balaban J connectivity index is 2.29. The Kier molecular flexibility index (Phi) is 2.98. The average molecular weight is 504 g/mol. The average Bonchev–Trinajstić information content (AvgIpc) is 1.97. The molecule has 0 N–H and O–H groups in total. The summed E-state index contributed by atoms with van der Waals surface area (Å²) in [6.07, 6.45) is 2.37. The van der Waals surface area contributed by atoms with Crippen LogP contribution in [0.5, 0.6) is 0 Å². The third-order valence-electron chi connectivity index (χ3n) is 2.42. The molecule has 0 heterocycles. The van der Waals surface area contributed by atoms with Crippen LogP contribution in [0.15, 0.2) is 10.6 Å². The lowest BCUT2D eigenvalue weighted by Crippen LogP contribution is -2.55. The van der Waals surface area contributed by atoms with Gasteiger partial charge in [0.1, 0.15) is 0 Å². The van der Waals surface area contributed by atoms with Crippen LogP contribution in [0.2, 0.25) is 0 Å². The van der Waals surface area contributed by atoms with Gasteiger partial charge >= 0.3 is 0 Å². The third-order valence-corrected chi connectivity index (χ3v) is 8.22. The first-order chi connectivity index (χ1) is 5.13. The summed E-state index contributed by atoms with van der Waals surface area (Å²) in [6.45, 7) is 0. The molecule has 0 radical (unpaired) electrons. The molecule has 0 aliphatic heterocycles. The number of allylic oxidation sites excluding steroid dienone is 2. The number of hydrogen-bond donors (Lipinski definition) is 0.